The van der Waals surface area contributed by atoms with Crippen molar-refractivity contribution in [3.8, 4) is 0 Å². The van der Waals surface area contributed by atoms with Gasteiger partial charge in [0.2, 0.25) is 10.0 Å². The predicted molar refractivity (Wildman–Crippen MR) is 61.0 cm³/mol. The van der Waals surface area contributed by atoms with Crippen LogP contribution in [0.1, 0.15) is 0 Å². The zero-order chi connectivity index (χ0) is 12.5. The van der Waals surface area contributed by atoms with Gasteiger partial charge in [-0.3, -0.25) is 5.10 Å². The normalized spacial score (nSPS) is 26.5. The summed E-state index contributed by atoms with van der Waals surface area (Å²) in [6.07, 6.45) is 2.51. The highest BCUT2D eigenvalue weighted by atomic mass is 32.2. The fraction of sp³-hybridized carbons (Fsp3) is 0.667. The van der Waals surface area contributed by atoms with E-state index in [1.165, 1.54) is 12.4 Å². The van der Waals surface area contributed by atoms with Crippen LogP contribution in [-0.4, -0.2) is 62.9 Å². The molecule has 1 aliphatic heterocycles. The Labute approximate surface area is 100 Å². The molecule has 0 spiro atoms. The number of nitrogens with zero attached hydrogens (tertiary/aromatic N) is 2. The summed E-state index contributed by atoms with van der Waals surface area (Å²) >= 11 is 0. The first-order valence-corrected chi connectivity index (χ1v) is 6.73. The minimum atomic E-state index is -3.52. The summed E-state index contributed by atoms with van der Waals surface area (Å²) in [5, 5.41) is 6.12. The average molecular weight is 260 g/mol. The summed E-state index contributed by atoms with van der Waals surface area (Å²) < 4.78 is 31.8. The second-order valence-corrected chi connectivity index (χ2v) is 5.87. The van der Waals surface area contributed by atoms with Gasteiger partial charge in [0.25, 0.3) is 0 Å². The molecule has 17 heavy (non-hydrogen) atoms. The van der Waals surface area contributed by atoms with E-state index in [2.05, 4.69) is 14.9 Å². The van der Waals surface area contributed by atoms with Gasteiger partial charge < -0.3 is 9.64 Å². The quantitative estimate of drug-likeness (QED) is 0.726. The van der Waals surface area contributed by atoms with Crippen LogP contribution in [0.5, 0.6) is 0 Å². The lowest BCUT2D eigenvalue weighted by molar-refractivity contribution is 0.0969. The first kappa shape index (κ1) is 12.5. The van der Waals surface area contributed by atoms with Crippen molar-refractivity contribution in [1.29, 1.82) is 0 Å². The maximum absolute atomic E-state index is 12.0. The van der Waals surface area contributed by atoms with Crippen LogP contribution in [-0.2, 0) is 14.8 Å². The SMILES string of the molecule is CO[C@H]1CN(C)C[C@@H]1NS(=O)(=O)c1cn[nH]c1. The van der Waals surface area contributed by atoms with Crippen molar-refractivity contribution in [2.24, 2.45) is 0 Å². The Morgan fingerprint density at radius 3 is 2.94 bits per heavy atom. The van der Waals surface area contributed by atoms with Crippen LogP contribution in [0.15, 0.2) is 17.3 Å². The Morgan fingerprint density at radius 2 is 2.35 bits per heavy atom. The van der Waals surface area contributed by atoms with Crippen LogP contribution < -0.4 is 4.72 Å². The maximum Gasteiger partial charge on any atom is 0.244 e. The summed E-state index contributed by atoms with van der Waals surface area (Å²) in [7, 11) is -0.00220. The fourth-order valence-corrected chi connectivity index (χ4v) is 3.13. The van der Waals surface area contributed by atoms with E-state index in [0.717, 1.165) is 6.54 Å². The van der Waals surface area contributed by atoms with Gasteiger partial charge in [-0.05, 0) is 7.05 Å². The lowest BCUT2D eigenvalue weighted by atomic mass is 10.2. The molecular weight excluding hydrogens is 244 g/mol. The molecule has 0 saturated carbocycles. The summed E-state index contributed by atoms with van der Waals surface area (Å²) in [4.78, 5) is 2.17. The van der Waals surface area contributed by atoms with Gasteiger partial charge in [0.15, 0.2) is 0 Å². The molecular formula is C9H16N4O3S. The number of likely N-dealkylation sites (tertiary alicyclic amines) is 1. The van der Waals surface area contributed by atoms with Crippen molar-refractivity contribution >= 4 is 10.0 Å². The summed E-state index contributed by atoms with van der Waals surface area (Å²) in [6, 6.07) is -0.232. The topological polar surface area (TPSA) is 87.3 Å². The highest BCUT2D eigenvalue weighted by Gasteiger charge is 2.34. The smallest absolute Gasteiger partial charge is 0.244 e. The van der Waals surface area contributed by atoms with Gasteiger partial charge in [-0.15, -0.1) is 0 Å². The Balaban J connectivity index is 2.11. The van der Waals surface area contributed by atoms with Crippen LogP contribution in [0.4, 0.5) is 0 Å². The second-order valence-electron chi connectivity index (χ2n) is 4.16. The Morgan fingerprint density at radius 1 is 1.59 bits per heavy atom. The van der Waals surface area contributed by atoms with Gasteiger partial charge in [-0.25, -0.2) is 13.1 Å². The highest BCUT2D eigenvalue weighted by molar-refractivity contribution is 7.89. The zero-order valence-electron chi connectivity index (χ0n) is 9.75. The van der Waals surface area contributed by atoms with Crippen molar-refractivity contribution < 1.29 is 13.2 Å². The van der Waals surface area contributed by atoms with E-state index in [-0.39, 0.29) is 17.0 Å². The van der Waals surface area contributed by atoms with Crippen LogP contribution in [0.3, 0.4) is 0 Å². The molecule has 1 aliphatic rings. The number of nitrogens with one attached hydrogen (secondary N) is 2. The van der Waals surface area contributed by atoms with Crippen molar-refractivity contribution in [3.63, 3.8) is 0 Å². The molecule has 0 aromatic carbocycles. The number of H-pyrrole nitrogens is 1. The van der Waals surface area contributed by atoms with Crippen molar-refractivity contribution in [3.05, 3.63) is 12.4 Å². The van der Waals surface area contributed by atoms with E-state index in [0.29, 0.717) is 6.54 Å². The molecule has 96 valence electrons. The van der Waals surface area contributed by atoms with E-state index in [4.69, 9.17) is 4.74 Å². The fourth-order valence-electron chi connectivity index (χ4n) is 1.97. The number of hydrogen-bond donors (Lipinski definition) is 2. The molecule has 0 radical (unpaired) electrons. The molecule has 2 rings (SSSR count). The number of aromatic nitrogens is 2. The minimum Gasteiger partial charge on any atom is -0.378 e. The lowest BCUT2D eigenvalue weighted by Gasteiger charge is -2.17. The van der Waals surface area contributed by atoms with Crippen molar-refractivity contribution in [1.82, 2.24) is 19.8 Å². The van der Waals surface area contributed by atoms with Gasteiger partial charge in [-0.1, -0.05) is 0 Å². The molecule has 1 aromatic heterocycles. The van der Waals surface area contributed by atoms with Gasteiger partial charge in [0, 0.05) is 26.4 Å². The number of aromatic amines is 1. The Bertz CT molecular complexity index is 459. The Kier molecular flexibility index (Phi) is 3.48. The van der Waals surface area contributed by atoms with Crippen molar-refractivity contribution in [2.75, 3.05) is 27.2 Å². The van der Waals surface area contributed by atoms with E-state index < -0.39 is 10.0 Å². The number of hydrogen-bond acceptors (Lipinski definition) is 5. The van der Waals surface area contributed by atoms with Gasteiger partial charge in [0.05, 0.1) is 18.3 Å². The molecule has 0 unspecified atom stereocenters. The van der Waals surface area contributed by atoms with E-state index in [9.17, 15) is 8.42 Å². The number of likely N-dealkylation sites (N-methyl/N-ethyl adjacent to an activating group) is 1. The van der Waals surface area contributed by atoms with Crippen molar-refractivity contribution in [2.45, 2.75) is 17.0 Å². The monoisotopic (exact) mass is 260 g/mol. The number of rotatable bonds is 4. The van der Waals surface area contributed by atoms with Gasteiger partial charge in [0.1, 0.15) is 4.90 Å². The van der Waals surface area contributed by atoms with E-state index in [1.807, 2.05) is 11.9 Å². The van der Waals surface area contributed by atoms with E-state index >= 15 is 0 Å². The molecule has 1 aromatic rings. The third-order valence-electron chi connectivity index (χ3n) is 2.84. The second kappa shape index (κ2) is 4.73. The molecule has 1 saturated heterocycles. The highest BCUT2D eigenvalue weighted by Crippen LogP contribution is 2.14. The third-order valence-corrected chi connectivity index (χ3v) is 4.30. The van der Waals surface area contributed by atoms with Gasteiger partial charge in [-0.2, -0.15) is 5.10 Å². The predicted octanol–water partition coefficient (Wildman–Crippen LogP) is -0.983. The zero-order valence-corrected chi connectivity index (χ0v) is 10.6. The number of ether oxygens (including phenoxy) is 1. The standard InChI is InChI=1S/C9H16N4O3S/c1-13-5-8(9(6-13)16-2)12-17(14,15)7-3-10-11-4-7/h3-4,8-9,12H,5-6H2,1-2H3,(H,10,11)/t8-,9-/m0/s1. The maximum atomic E-state index is 12.0. The summed E-state index contributed by atoms with van der Waals surface area (Å²) in [5.41, 5.74) is 0. The number of methoxy groups -OCH3 is 1. The van der Waals surface area contributed by atoms with Gasteiger partial charge >= 0.3 is 0 Å². The minimum absolute atomic E-state index is 0.123. The molecule has 0 amide bonds. The molecule has 8 heteroatoms. The molecule has 2 heterocycles. The van der Waals surface area contributed by atoms with Crippen LogP contribution >= 0.6 is 0 Å². The Hall–Kier alpha value is -0.960. The largest absolute Gasteiger partial charge is 0.378 e. The molecule has 2 atom stereocenters. The summed E-state index contributed by atoms with van der Waals surface area (Å²) in [5.74, 6) is 0. The first-order chi connectivity index (χ1) is 8.03. The molecule has 0 aliphatic carbocycles. The first-order valence-electron chi connectivity index (χ1n) is 5.25. The molecule has 2 N–H and O–H groups in total. The molecule has 7 nitrogen and oxygen atoms in total. The molecule has 1 fully saturated rings. The van der Waals surface area contributed by atoms with Crippen LogP contribution in [0.2, 0.25) is 0 Å². The van der Waals surface area contributed by atoms with E-state index in [1.54, 1.807) is 7.11 Å². The van der Waals surface area contributed by atoms with Crippen LogP contribution in [0, 0.1) is 0 Å². The third kappa shape index (κ3) is 2.65. The number of sulfonamides is 1. The summed E-state index contributed by atoms with van der Waals surface area (Å²) in [6.45, 7) is 1.35. The molecule has 0 bridgehead atoms. The van der Waals surface area contributed by atoms with Crippen LogP contribution in [0.25, 0.3) is 0 Å². The average Bonchev–Trinajstić information content (AvgIpc) is 2.86. The lowest BCUT2D eigenvalue weighted by Crippen LogP contribution is -2.43.